The molecule has 0 saturated heterocycles. The van der Waals surface area contributed by atoms with Crippen molar-refractivity contribution in [2.24, 2.45) is 11.3 Å². The van der Waals surface area contributed by atoms with E-state index in [1.54, 1.807) is 0 Å². The number of unbranched alkanes of at least 4 members (excludes halogenated alkanes) is 1. The number of hydrogen-bond donors (Lipinski definition) is 0. The fourth-order valence-corrected chi connectivity index (χ4v) is 3.81. The van der Waals surface area contributed by atoms with E-state index in [2.05, 4.69) is 119 Å². The lowest BCUT2D eigenvalue weighted by atomic mass is 9.89. The van der Waals surface area contributed by atoms with Gasteiger partial charge in [-0.25, -0.2) is 0 Å². The van der Waals surface area contributed by atoms with E-state index in [-0.39, 0.29) is 14.9 Å². The van der Waals surface area contributed by atoms with Gasteiger partial charge in [0, 0.05) is 0 Å². The van der Waals surface area contributed by atoms with Crippen LogP contribution in [-0.4, -0.2) is 0 Å². The SMILES string of the molecule is C.C.CCCC(C)C.CCCCC(C)(C)C.Cc1ccc(-c2ccc(C)cc2C(C)C)c(C)c1. The highest BCUT2D eigenvalue weighted by Gasteiger charge is 2.10. The van der Waals surface area contributed by atoms with Gasteiger partial charge in [-0.1, -0.05) is 150 Å². The van der Waals surface area contributed by atoms with Crippen LogP contribution in [0.2, 0.25) is 0 Å². The van der Waals surface area contributed by atoms with Crippen LogP contribution in [0.25, 0.3) is 11.1 Å². The van der Waals surface area contributed by atoms with Crippen molar-refractivity contribution in [1.82, 2.24) is 0 Å². The van der Waals surface area contributed by atoms with E-state index in [1.165, 1.54) is 65.5 Å². The minimum absolute atomic E-state index is 0. The molecular weight excluding hydrogens is 408 g/mol. The normalized spacial score (nSPS) is 10.4. The Morgan fingerprint density at radius 2 is 1.21 bits per heavy atom. The van der Waals surface area contributed by atoms with E-state index in [0.29, 0.717) is 11.3 Å². The maximum Gasteiger partial charge on any atom is -0.0146 e. The lowest BCUT2D eigenvalue weighted by Gasteiger charge is -2.16. The molecule has 2 rings (SSSR count). The molecule has 0 saturated carbocycles. The van der Waals surface area contributed by atoms with Gasteiger partial charge in [0.15, 0.2) is 0 Å². The molecule has 0 heterocycles. The van der Waals surface area contributed by atoms with Crippen LogP contribution in [0.5, 0.6) is 0 Å². The molecule has 0 N–H and O–H groups in total. The molecular formula is C34H62. The van der Waals surface area contributed by atoms with E-state index in [0.717, 1.165) is 5.92 Å². The summed E-state index contributed by atoms with van der Waals surface area (Å²) in [5.41, 5.74) is 8.78. The number of aryl methyl sites for hydroxylation is 3. The number of hydrogen-bond acceptors (Lipinski definition) is 0. The van der Waals surface area contributed by atoms with Gasteiger partial charge in [-0.3, -0.25) is 0 Å². The van der Waals surface area contributed by atoms with Gasteiger partial charge in [0.25, 0.3) is 0 Å². The van der Waals surface area contributed by atoms with E-state index < -0.39 is 0 Å². The summed E-state index contributed by atoms with van der Waals surface area (Å²) in [4.78, 5) is 0. The second-order valence-corrected chi connectivity index (χ2v) is 11.4. The Bertz CT molecular complexity index is 756. The van der Waals surface area contributed by atoms with Crippen LogP contribution in [0, 0.1) is 32.1 Å². The van der Waals surface area contributed by atoms with Crippen molar-refractivity contribution in [2.75, 3.05) is 0 Å². The molecule has 2 aromatic rings. The Morgan fingerprint density at radius 1 is 0.706 bits per heavy atom. The highest BCUT2D eigenvalue weighted by molar-refractivity contribution is 5.71. The predicted molar refractivity (Wildman–Crippen MR) is 162 cm³/mol. The molecule has 0 aromatic heterocycles. The highest BCUT2D eigenvalue weighted by atomic mass is 14.2. The summed E-state index contributed by atoms with van der Waals surface area (Å²) in [6.45, 7) is 26.9. The highest BCUT2D eigenvalue weighted by Crippen LogP contribution is 2.32. The zero-order chi connectivity index (χ0) is 24.9. The van der Waals surface area contributed by atoms with Crippen molar-refractivity contribution in [3.63, 3.8) is 0 Å². The van der Waals surface area contributed by atoms with Crippen molar-refractivity contribution < 1.29 is 0 Å². The molecule has 34 heavy (non-hydrogen) atoms. The van der Waals surface area contributed by atoms with Crippen LogP contribution in [0.4, 0.5) is 0 Å². The summed E-state index contributed by atoms with van der Waals surface area (Å²) in [7, 11) is 0. The van der Waals surface area contributed by atoms with Crippen LogP contribution < -0.4 is 0 Å². The molecule has 0 atom stereocenters. The standard InChI is InChI=1S/C18H22.C8H18.C6H14.2CH4/c1-12(2)18-11-14(4)7-9-17(18)16-8-6-13(3)10-15(16)5;1-5-6-7-8(2,3)4;1-4-5-6(2)3;;/h6-12H,1-5H3;5-7H2,1-4H3;6H,4-5H2,1-3H3;2*1H4. The van der Waals surface area contributed by atoms with Crippen molar-refractivity contribution in [3.8, 4) is 11.1 Å². The minimum atomic E-state index is 0. The number of benzene rings is 2. The van der Waals surface area contributed by atoms with E-state index >= 15 is 0 Å². The van der Waals surface area contributed by atoms with Crippen LogP contribution >= 0.6 is 0 Å². The summed E-state index contributed by atoms with van der Waals surface area (Å²) >= 11 is 0. The van der Waals surface area contributed by atoms with E-state index in [1.807, 2.05) is 0 Å². The Hall–Kier alpha value is -1.56. The smallest absolute Gasteiger partial charge is 0.0146 e. The molecule has 0 nitrogen and oxygen atoms in total. The van der Waals surface area contributed by atoms with Gasteiger partial charge in [-0.2, -0.15) is 0 Å². The number of rotatable bonds is 6. The molecule has 0 fully saturated rings. The third-order valence-electron chi connectivity index (χ3n) is 5.65. The van der Waals surface area contributed by atoms with Gasteiger partial charge in [-0.05, 0) is 66.7 Å². The fourth-order valence-electron chi connectivity index (χ4n) is 3.81. The summed E-state index contributed by atoms with van der Waals surface area (Å²) < 4.78 is 0. The maximum atomic E-state index is 2.32. The molecule has 0 spiro atoms. The lowest BCUT2D eigenvalue weighted by molar-refractivity contribution is 0.363. The van der Waals surface area contributed by atoms with Crippen LogP contribution in [0.3, 0.4) is 0 Å². The Morgan fingerprint density at radius 3 is 1.53 bits per heavy atom. The van der Waals surface area contributed by atoms with Gasteiger partial charge in [0.1, 0.15) is 0 Å². The summed E-state index contributed by atoms with van der Waals surface area (Å²) in [5.74, 6) is 1.45. The quantitative estimate of drug-likeness (QED) is 0.393. The summed E-state index contributed by atoms with van der Waals surface area (Å²) in [5, 5.41) is 0. The molecule has 0 aliphatic rings. The average molecular weight is 471 g/mol. The molecule has 198 valence electrons. The second kappa shape index (κ2) is 18.7. The van der Waals surface area contributed by atoms with E-state index in [9.17, 15) is 0 Å². The third-order valence-corrected chi connectivity index (χ3v) is 5.65. The van der Waals surface area contributed by atoms with Gasteiger partial charge in [0.2, 0.25) is 0 Å². The molecule has 2 aromatic carbocycles. The van der Waals surface area contributed by atoms with Crippen molar-refractivity contribution in [3.05, 3.63) is 58.7 Å². The van der Waals surface area contributed by atoms with Crippen molar-refractivity contribution >= 4 is 0 Å². The first-order valence-electron chi connectivity index (χ1n) is 13.0. The summed E-state index contributed by atoms with van der Waals surface area (Å²) in [6, 6.07) is 13.5. The summed E-state index contributed by atoms with van der Waals surface area (Å²) in [6.07, 6.45) is 6.78. The van der Waals surface area contributed by atoms with Gasteiger partial charge >= 0.3 is 0 Å². The fraction of sp³-hybridized carbons (Fsp3) is 0.647. The molecule has 0 bridgehead atoms. The molecule has 0 radical (unpaired) electrons. The predicted octanol–water partition coefficient (Wildman–Crippen LogP) is 12.3. The molecule has 0 heteroatoms. The monoisotopic (exact) mass is 470 g/mol. The molecule has 0 unspecified atom stereocenters. The first-order chi connectivity index (χ1) is 14.8. The molecule has 0 aliphatic heterocycles. The van der Waals surface area contributed by atoms with E-state index in [4.69, 9.17) is 0 Å². The zero-order valence-corrected chi connectivity index (χ0v) is 23.7. The first kappa shape index (κ1) is 37.0. The van der Waals surface area contributed by atoms with Gasteiger partial charge < -0.3 is 0 Å². The maximum absolute atomic E-state index is 2.32. The second-order valence-electron chi connectivity index (χ2n) is 11.4. The van der Waals surface area contributed by atoms with Crippen LogP contribution in [0.1, 0.15) is 137 Å². The van der Waals surface area contributed by atoms with Gasteiger partial charge in [-0.15, -0.1) is 0 Å². The van der Waals surface area contributed by atoms with Crippen molar-refractivity contribution in [1.29, 1.82) is 0 Å². The van der Waals surface area contributed by atoms with Crippen molar-refractivity contribution in [2.45, 2.75) is 136 Å². The first-order valence-corrected chi connectivity index (χ1v) is 13.0. The minimum Gasteiger partial charge on any atom is -0.0776 e. The van der Waals surface area contributed by atoms with Crippen LogP contribution in [0.15, 0.2) is 36.4 Å². The lowest BCUT2D eigenvalue weighted by Crippen LogP contribution is -2.03. The average Bonchev–Trinajstić information content (AvgIpc) is 2.67. The largest absolute Gasteiger partial charge is 0.0776 e. The topological polar surface area (TPSA) is 0 Å². The third kappa shape index (κ3) is 16.1. The Labute approximate surface area is 217 Å². The Balaban J connectivity index is -0.000000507. The zero-order valence-electron chi connectivity index (χ0n) is 23.7. The van der Waals surface area contributed by atoms with Crippen LogP contribution in [-0.2, 0) is 0 Å². The van der Waals surface area contributed by atoms with Gasteiger partial charge in [0.05, 0.1) is 0 Å². The molecule has 0 aliphatic carbocycles. The molecule has 0 amide bonds. The Kier molecular flexibility index (Phi) is 20.4.